The fraction of sp³-hybridized carbons (Fsp3) is 0.125. The van der Waals surface area contributed by atoms with Crippen LogP contribution < -0.4 is 11.4 Å². The summed E-state index contributed by atoms with van der Waals surface area (Å²) in [6.07, 6.45) is 5.52. The second kappa shape index (κ2) is 8.69. The fourth-order valence-electron chi connectivity index (χ4n) is 3.44. The van der Waals surface area contributed by atoms with E-state index in [2.05, 4.69) is 17.1 Å². The van der Waals surface area contributed by atoms with E-state index in [9.17, 15) is 9.18 Å². The van der Waals surface area contributed by atoms with Crippen molar-refractivity contribution in [2.45, 2.75) is 19.3 Å². The molecule has 0 unspecified atom stereocenters. The number of hydrogen-bond donors (Lipinski definition) is 1. The average Bonchev–Trinajstić information content (AvgIpc) is 2.79. The van der Waals surface area contributed by atoms with E-state index < -0.39 is 0 Å². The Kier molecular flexibility index (Phi) is 5.66. The summed E-state index contributed by atoms with van der Waals surface area (Å²) in [5.74, 6) is 6.27. The van der Waals surface area contributed by atoms with E-state index in [0.717, 1.165) is 23.1 Å². The molecule has 0 aliphatic rings. The van der Waals surface area contributed by atoms with E-state index >= 15 is 0 Å². The minimum Gasteiger partial charge on any atom is -0.335 e. The summed E-state index contributed by atoms with van der Waals surface area (Å²) in [6.45, 7) is 0. The highest BCUT2D eigenvalue weighted by atomic mass is 19.1. The molecule has 0 bridgehead atoms. The van der Waals surface area contributed by atoms with Gasteiger partial charge < -0.3 is 5.84 Å². The van der Waals surface area contributed by atoms with Gasteiger partial charge >= 0.3 is 0 Å². The summed E-state index contributed by atoms with van der Waals surface area (Å²) in [5, 5.41) is 0. The summed E-state index contributed by atoms with van der Waals surface area (Å²) in [5.41, 5.74) is 3.04. The van der Waals surface area contributed by atoms with Crippen molar-refractivity contribution in [2.75, 3.05) is 5.84 Å². The third-order valence-corrected chi connectivity index (χ3v) is 4.98. The molecule has 0 fully saturated rings. The van der Waals surface area contributed by atoms with Crippen LogP contribution in [0.1, 0.15) is 17.8 Å². The van der Waals surface area contributed by atoms with E-state index in [-0.39, 0.29) is 11.4 Å². The van der Waals surface area contributed by atoms with Crippen LogP contribution in [0.2, 0.25) is 0 Å². The Bertz CT molecular complexity index is 1190. The molecule has 0 spiro atoms. The number of aromatic nitrogens is 3. The molecule has 0 saturated carbocycles. The van der Waals surface area contributed by atoms with Crippen LogP contribution in [-0.2, 0) is 12.8 Å². The van der Waals surface area contributed by atoms with Gasteiger partial charge in [-0.3, -0.25) is 9.78 Å². The Labute approximate surface area is 173 Å². The van der Waals surface area contributed by atoms with Crippen LogP contribution in [0.25, 0.3) is 22.4 Å². The van der Waals surface area contributed by atoms with Gasteiger partial charge in [-0.15, -0.1) is 0 Å². The second-order valence-corrected chi connectivity index (χ2v) is 7.01. The molecule has 4 rings (SSSR count). The van der Waals surface area contributed by atoms with Gasteiger partial charge in [0, 0.05) is 24.4 Å². The molecular formula is C24H21FN4O. The first-order valence-corrected chi connectivity index (χ1v) is 9.75. The topological polar surface area (TPSA) is 73.8 Å². The Morgan fingerprint density at radius 2 is 1.57 bits per heavy atom. The minimum absolute atomic E-state index is 0.343. The van der Waals surface area contributed by atoms with Crippen LogP contribution >= 0.6 is 0 Å². The van der Waals surface area contributed by atoms with E-state index in [1.54, 1.807) is 36.7 Å². The van der Waals surface area contributed by atoms with Crippen LogP contribution in [0, 0.1) is 5.82 Å². The lowest BCUT2D eigenvalue weighted by molar-refractivity contribution is 0.628. The van der Waals surface area contributed by atoms with Gasteiger partial charge in [-0.2, -0.15) is 0 Å². The lowest BCUT2D eigenvalue weighted by Crippen LogP contribution is -2.33. The van der Waals surface area contributed by atoms with Crippen molar-refractivity contribution >= 4 is 0 Å². The standard InChI is InChI=1S/C24H21FN4O/c25-20-11-9-18(10-12-20)22-23(19-13-15-27-16-14-19)28-21(29(26)24(22)30)8-4-7-17-5-2-1-3-6-17/h1-3,5-6,9-16H,4,7-8,26H2. The van der Waals surface area contributed by atoms with Crippen LogP contribution in [0.15, 0.2) is 83.9 Å². The summed E-state index contributed by atoms with van der Waals surface area (Å²) in [7, 11) is 0. The summed E-state index contributed by atoms with van der Waals surface area (Å²) >= 11 is 0. The molecule has 0 radical (unpaired) electrons. The maximum Gasteiger partial charge on any atom is 0.280 e. The molecule has 2 aromatic carbocycles. The number of nitrogens with two attached hydrogens (primary N) is 1. The molecule has 0 atom stereocenters. The number of nitrogens with zero attached hydrogens (tertiary/aromatic N) is 3. The zero-order chi connectivity index (χ0) is 20.9. The first-order chi connectivity index (χ1) is 14.6. The molecule has 30 heavy (non-hydrogen) atoms. The number of rotatable bonds is 6. The molecule has 6 heteroatoms. The summed E-state index contributed by atoms with van der Waals surface area (Å²) < 4.78 is 14.5. The van der Waals surface area contributed by atoms with Gasteiger partial charge in [0.2, 0.25) is 0 Å². The molecule has 4 aromatic rings. The zero-order valence-corrected chi connectivity index (χ0v) is 16.3. The molecule has 150 valence electrons. The number of nitrogen functional groups attached to an aromatic ring is 1. The molecule has 2 aromatic heterocycles. The highest BCUT2D eigenvalue weighted by Crippen LogP contribution is 2.28. The Morgan fingerprint density at radius 1 is 0.867 bits per heavy atom. The van der Waals surface area contributed by atoms with Crippen molar-refractivity contribution in [1.29, 1.82) is 0 Å². The van der Waals surface area contributed by atoms with Gasteiger partial charge in [-0.05, 0) is 48.2 Å². The Morgan fingerprint density at radius 3 is 2.27 bits per heavy atom. The van der Waals surface area contributed by atoms with Gasteiger partial charge in [0.25, 0.3) is 5.56 Å². The lowest BCUT2D eigenvalue weighted by atomic mass is 10.0. The predicted octanol–water partition coefficient (Wildman–Crippen LogP) is 4.00. The predicted molar refractivity (Wildman–Crippen MR) is 116 cm³/mol. The molecule has 5 nitrogen and oxygen atoms in total. The zero-order valence-electron chi connectivity index (χ0n) is 16.3. The fourth-order valence-corrected chi connectivity index (χ4v) is 3.44. The quantitative estimate of drug-likeness (QED) is 0.497. The normalized spacial score (nSPS) is 10.8. The van der Waals surface area contributed by atoms with Crippen LogP contribution in [0.3, 0.4) is 0 Å². The maximum atomic E-state index is 13.4. The second-order valence-electron chi connectivity index (χ2n) is 7.01. The van der Waals surface area contributed by atoms with Crippen molar-refractivity contribution in [3.63, 3.8) is 0 Å². The molecule has 0 aliphatic carbocycles. The van der Waals surface area contributed by atoms with E-state index in [4.69, 9.17) is 10.8 Å². The molecule has 0 saturated heterocycles. The van der Waals surface area contributed by atoms with Gasteiger partial charge in [-0.1, -0.05) is 42.5 Å². The van der Waals surface area contributed by atoms with Crippen molar-refractivity contribution in [3.8, 4) is 22.4 Å². The summed E-state index contributed by atoms with van der Waals surface area (Å²) in [6, 6.07) is 19.5. The smallest absolute Gasteiger partial charge is 0.280 e. The third-order valence-electron chi connectivity index (χ3n) is 4.98. The average molecular weight is 400 g/mol. The molecular weight excluding hydrogens is 379 g/mol. The highest BCUT2D eigenvalue weighted by molar-refractivity contribution is 5.79. The third kappa shape index (κ3) is 4.12. The van der Waals surface area contributed by atoms with Gasteiger partial charge in [0.1, 0.15) is 11.6 Å². The van der Waals surface area contributed by atoms with Crippen LogP contribution in [0.5, 0.6) is 0 Å². The Hall–Kier alpha value is -3.80. The van der Waals surface area contributed by atoms with E-state index in [1.165, 1.54) is 17.7 Å². The van der Waals surface area contributed by atoms with Crippen LogP contribution in [-0.4, -0.2) is 14.6 Å². The highest BCUT2D eigenvalue weighted by Gasteiger charge is 2.18. The van der Waals surface area contributed by atoms with Crippen LogP contribution in [0.4, 0.5) is 4.39 Å². The monoisotopic (exact) mass is 400 g/mol. The van der Waals surface area contributed by atoms with Gasteiger partial charge in [0.05, 0.1) is 11.3 Å². The number of pyridine rings is 1. The first kappa shape index (κ1) is 19.5. The van der Waals surface area contributed by atoms with Crippen molar-refractivity contribution in [1.82, 2.24) is 14.6 Å². The molecule has 2 N–H and O–H groups in total. The SMILES string of the molecule is Nn1c(CCCc2ccccc2)nc(-c2ccncc2)c(-c2ccc(F)cc2)c1=O. The Balaban J connectivity index is 1.75. The number of aryl methyl sites for hydroxylation is 2. The number of hydrogen-bond acceptors (Lipinski definition) is 4. The molecule has 0 amide bonds. The van der Waals surface area contributed by atoms with Gasteiger partial charge in [0.15, 0.2) is 0 Å². The number of halogens is 1. The largest absolute Gasteiger partial charge is 0.335 e. The van der Waals surface area contributed by atoms with E-state index in [1.807, 2.05) is 18.2 Å². The van der Waals surface area contributed by atoms with Crippen molar-refractivity contribution in [2.24, 2.45) is 0 Å². The van der Waals surface area contributed by atoms with Crippen molar-refractivity contribution < 1.29 is 4.39 Å². The minimum atomic E-state index is -0.372. The lowest BCUT2D eigenvalue weighted by Gasteiger charge is -2.14. The molecule has 2 heterocycles. The first-order valence-electron chi connectivity index (χ1n) is 9.75. The van der Waals surface area contributed by atoms with Gasteiger partial charge in [-0.25, -0.2) is 14.1 Å². The molecule has 0 aliphatic heterocycles. The summed E-state index contributed by atoms with van der Waals surface area (Å²) in [4.78, 5) is 22.0. The van der Waals surface area contributed by atoms with Crippen molar-refractivity contribution in [3.05, 3.63) is 107 Å². The number of benzene rings is 2. The van der Waals surface area contributed by atoms with E-state index in [0.29, 0.717) is 29.1 Å². The maximum absolute atomic E-state index is 13.4.